The third-order valence-electron chi connectivity index (χ3n) is 5.02. The van der Waals surface area contributed by atoms with Crippen molar-refractivity contribution in [1.82, 2.24) is 14.7 Å². The van der Waals surface area contributed by atoms with Crippen LogP contribution in [0.25, 0.3) is 11.3 Å². The Balaban J connectivity index is 1.61. The molecule has 27 heavy (non-hydrogen) atoms. The maximum absolute atomic E-state index is 14.0. The van der Waals surface area contributed by atoms with Crippen LogP contribution >= 0.6 is 0 Å². The Bertz CT molecular complexity index is 998. The molecule has 1 aliphatic rings. The van der Waals surface area contributed by atoms with Gasteiger partial charge in [-0.15, -0.1) is 0 Å². The first-order chi connectivity index (χ1) is 13.0. The highest BCUT2D eigenvalue weighted by Crippen LogP contribution is 2.28. The fourth-order valence-electron chi connectivity index (χ4n) is 3.64. The fraction of sp³-hybridized carbons (Fsp3) is 0.238. The van der Waals surface area contributed by atoms with Crippen molar-refractivity contribution in [2.75, 3.05) is 13.1 Å². The van der Waals surface area contributed by atoms with E-state index in [0.29, 0.717) is 25.9 Å². The number of carbonyl (C=O) groups is 1. The highest BCUT2D eigenvalue weighted by atomic mass is 19.1. The molecule has 0 fully saturated rings. The Kier molecular flexibility index (Phi) is 4.48. The van der Waals surface area contributed by atoms with E-state index in [4.69, 9.17) is 0 Å². The Hall–Kier alpha value is -3.02. The molecular weight excluding hydrogens is 348 g/mol. The van der Waals surface area contributed by atoms with Gasteiger partial charge in [-0.1, -0.05) is 30.3 Å². The smallest absolute Gasteiger partial charge is 0.256 e. The molecule has 138 valence electrons. The maximum Gasteiger partial charge on any atom is 0.256 e. The number of rotatable bonds is 2. The van der Waals surface area contributed by atoms with Crippen LogP contribution < -0.4 is 0 Å². The molecule has 4 rings (SSSR count). The van der Waals surface area contributed by atoms with E-state index in [1.54, 1.807) is 4.90 Å². The van der Waals surface area contributed by atoms with Crippen molar-refractivity contribution in [2.24, 2.45) is 7.05 Å². The molecule has 2 aromatic carbocycles. The van der Waals surface area contributed by atoms with Crippen LogP contribution in [0.15, 0.2) is 48.5 Å². The predicted molar refractivity (Wildman–Crippen MR) is 98.3 cm³/mol. The summed E-state index contributed by atoms with van der Waals surface area (Å²) in [5, 5.41) is 4.67. The SMILES string of the molecule is Cn1nc(-c2ccccc2)c2c1CCN(C(=O)c1ccc(F)cc1F)CC2. The van der Waals surface area contributed by atoms with E-state index < -0.39 is 17.5 Å². The fourth-order valence-corrected chi connectivity index (χ4v) is 3.64. The second-order valence-electron chi connectivity index (χ2n) is 6.68. The van der Waals surface area contributed by atoms with Crippen LogP contribution in [0.5, 0.6) is 0 Å². The second-order valence-corrected chi connectivity index (χ2v) is 6.68. The molecule has 1 amide bonds. The Labute approximate surface area is 156 Å². The molecule has 0 radical (unpaired) electrons. The molecule has 0 spiro atoms. The largest absolute Gasteiger partial charge is 0.338 e. The zero-order chi connectivity index (χ0) is 19.0. The van der Waals surface area contributed by atoms with E-state index >= 15 is 0 Å². The Morgan fingerprint density at radius 2 is 1.78 bits per heavy atom. The van der Waals surface area contributed by atoms with Crippen LogP contribution in [0.4, 0.5) is 8.78 Å². The minimum atomic E-state index is -0.826. The van der Waals surface area contributed by atoms with Crippen molar-refractivity contribution < 1.29 is 13.6 Å². The van der Waals surface area contributed by atoms with E-state index in [0.717, 1.165) is 34.6 Å². The van der Waals surface area contributed by atoms with Gasteiger partial charge in [-0.2, -0.15) is 5.10 Å². The van der Waals surface area contributed by atoms with Gasteiger partial charge in [0, 0.05) is 49.4 Å². The van der Waals surface area contributed by atoms with Gasteiger partial charge in [0.15, 0.2) is 0 Å². The standard InChI is InChI=1S/C21H19F2N3O/c1-25-19-10-12-26(21(27)16-8-7-15(22)13-18(16)23)11-9-17(19)20(24-25)14-5-3-2-4-6-14/h2-8,13H,9-12H2,1H3. The number of halogens is 2. The summed E-state index contributed by atoms with van der Waals surface area (Å²) in [7, 11) is 1.91. The number of aromatic nitrogens is 2. The lowest BCUT2D eigenvalue weighted by atomic mass is 10.0. The topological polar surface area (TPSA) is 38.1 Å². The molecule has 0 unspecified atom stereocenters. The molecule has 0 saturated carbocycles. The monoisotopic (exact) mass is 367 g/mol. The average molecular weight is 367 g/mol. The average Bonchev–Trinajstić information content (AvgIpc) is 2.84. The van der Waals surface area contributed by atoms with Crippen molar-refractivity contribution >= 4 is 5.91 Å². The zero-order valence-electron chi connectivity index (χ0n) is 15.0. The van der Waals surface area contributed by atoms with Crippen LogP contribution in [-0.2, 0) is 19.9 Å². The van der Waals surface area contributed by atoms with E-state index in [2.05, 4.69) is 5.10 Å². The van der Waals surface area contributed by atoms with Crippen molar-refractivity contribution in [3.8, 4) is 11.3 Å². The quantitative estimate of drug-likeness (QED) is 0.694. The highest BCUT2D eigenvalue weighted by Gasteiger charge is 2.26. The van der Waals surface area contributed by atoms with Gasteiger partial charge in [0.2, 0.25) is 0 Å². The molecule has 1 aliphatic heterocycles. The molecule has 3 aromatic rings. The van der Waals surface area contributed by atoms with E-state index in [9.17, 15) is 13.6 Å². The van der Waals surface area contributed by atoms with Crippen LogP contribution in [0.1, 0.15) is 21.6 Å². The molecule has 4 nitrogen and oxygen atoms in total. The summed E-state index contributed by atoms with van der Waals surface area (Å²) in [5.41, 5.74) is 4.08. The van der Waals surface area contributed by atoms with Crippen LogP contribution in [0, 0.1) is 11.6 Å². The molecule has 2 heterocycles. The molecular formula is C21H19F2N3O. The maximum atomic E-state index is 14.0. The van der Waals surface area contributed by atoms with Gasteiger partial charge in [0.1, 0.15) is 11.6 Å². The van der Waals surface area contributed by atoms with Crippen molar-refractivity contribution in [1.29, 1.82) is 0 Å². The van der Waals surface area contributed by atoms with Gasteiger partial charge in [0.25, 0.3) is 5.91 Å². The molecule has 0 bridgehead atoms. The summed E-state index contributed by atoms with van der Waals surface area (Å²) in [5.74, 6) is -1.92. The highest BCUT2D eigenvalue weighted by molar-refractivity contribution is 5.94. The Morgan fingerprint density at radius 1 is 1.04 bits per heavy atom. The first kappa shape index (κ1) is 17.4. The first-order valence-electron chi connectivity index (χ1n) is 8.89. The number of aryl methyl sites for hydroxylation is 1. The summed E-state index contributed by atoms with van der Waals surface area (Å²) in [6.45, 7) is 0.935. The van der Waals surface area contributed by atoms with Crippen molar-refractivity contribution in [3.63, 3.8) is 0 Å². The zero-order valence-corrected chi connectivity index (χ0v) is 15.0. The number of fused-ring (bicyclic) bond motifs is 1. The second kappa shape index (κ2) is 6.95. The van der Waals surface area contributed by atoms with Gasteiger partial charge in [0.05, 0.1) is 11.3 Å². The minimum Gasteiger partial charge on any atom is -0.338 e. The summed E-state index contributed by atoms with van der Waals surface area (Å²) < 4.78 is 29.0. The lowest BCUT2D eigenvalue weighted by molar-refractivity contribution is 0.0757. The van der Waals surface area contributed by atoms with E-state index in [1.807, 2.05) is 42.1 Å². The first-order valence-corrected chi connectivity index (χ1v) is 8.89. The molecule has 0 saturated heterocycles. The van der Waals surface area contributed by atoms with Gasteiger partial charge in [-0.25, -0.2) is 8.78 Å². The number of benzene rings is 2. The summed E-state index contributed by atoms with van der Waals surface area (Å²) >= 11 is 0. The molecule has 0 aliphatic carbocycles. The van der Waals surface area contributed by atoms with Gasteiger partial charge in [-0.3, -0.25) is 9.48 Å². The van der Waals surface area contributed by atoms with Crippen LogP contribution in [0.3, 0.4) is 0 Å². The van der Waals surface area contributed by atoms with Gasteiger partial charge < -0.3 is 4.90 Å². The molecule has 6 heteroatoms. The normalized spacial score (nSPS) is 14.0. The molecule has 1 aromatic heterocycles. The lowest BCUT2D eigenvalue weighted by Gasteiger charge is -2.20. The third-order valence-corrected chi connectivity index (χ3v) is 5.02. The number of carbonyl (C=O) groups excluding carboxylic acids is 1. The summed E-state index contributed by atoms with van der Waals surface area (Å²) in [6, 6.07) is 13.0. The number of amides is 1. The molecule has 0 atom stereocenters. The van der Waals surface area contributed by atoms with Crippen molar-refractivity contribution in [3.05, 3.63) is 77.0 Å². The predicted octanol–water partition coefficient (Wildman–Crippen LogP) is 3.61. The van der Waals surface area contributed by atoms with Crippen LogP contribution in [0.2, 0.25) is 0 Å². The van der Waals surface area contributed by atoms with Gasteiger partial charge in [-0.05, 0) is 18.6 Å². The summed E-state index contributed by atoms with van der Waals surface area (Å²) in [6.07, 6.45) is 1.28. The number of hydrogen-bond donors (Lipinski definition) is 0. The summed E-state index contributed by atoms with van der Waals surface area (Å²) in [4.78, 5) is 14.4. The minimum absolute atomic E-state index is 0.0937. The number of hydrogen-bond acceptors (Lipinski definition) is 2. The number of nitrogens with zero attached hydrogens (tertiary/aromatic N) is 3. The van der Waals surface area contributed by atoms with Gasteiger partial charge >= 0.3 is 0 Å². The van der Waals surface area contributed by atoms with Crippen LogP contribution in [-0.4, -0.2) is 33.7 Å². The lowest BCUT2D eigenvalue weighted by Crippen LogP contribution is -2.34. The van der Waals surface area contributed by atoms with E-state index in [1.165, 1.54) is 6.07 Å². The van der Waals surface area contributed by atoms with Crippen molar-refractivity contribution in [2.45, 2.75) is 12.8 Å². The molecule has 0 N–H and O–H groups in total. The Morgan fingerprint density at radius 3 is 2.52 bits per heavy atom. The van der Waals surface area contributed by atoms with E-state index in [-0.39, 0.29) is 5.56 Å². The third kappa shape index (κ3) is 3.23.